The quantitative estimate of drug-likeness (QED) is 0.536. The first-order valence-electron chi connectivity index (χ1n) is 4.96. The third-order valence-electron chi connectivity index (χ3n) is 2.61. The number of hydrogen-bond acceptors (Lipinski definition) is 3. The molecule has 5 nitrogen and oxygen atoms in total. The zero-order chi connectivity index (χ0) is 10.7. The standard InChI is InChI=1S/C10H13N3O2/c14-13(15)12-8-6-11(7-9-12)10-4-2-1-3-5-10/h1-5H,6-9H2. The third kappa shape index (κ3) is 2.18. The molecule has 5 heteroatoms. The number of para-hydroxylation sites is 1. The summed E-state index contributed by atoms with van der Waals surface area (Å²) in [6.45, 7) is 2.40. The van der Waals surface area contributed by atoms with Crippen LogP contribution in [0.1, 0.15) is 0 Å². The van der Waals surface area contributed by atoms with Crippen molar-refractivity contribution in [2.75, 3.05) is 31.1 Å². The maximum Gasteiger partial charge on any atom is 0.160 e. The average molecular weight is 207 g/mol. The number of anilines is 1. The van der Waals surface area contributed by atoms with Crippen molar-refractivity contribution >= 4 is 5.69 Å². The Morgan fingerprint density at radius 3 is 2.20 bits per heavy atom. The van der Waals surface area contributed by atoms with E-state index in [2.05, 4.69) is 4.90 Å². The molecule has 15 heavy (non-hydrogen) atoms. The minimum atomic E-state index is -0.317. The van der Waals surface area contributed by atoms with Gasteiger partial charge in [0, 0.05) is 18.8 Å². The molecule has 1 fully saturated rings. The van der Waals surface area contributed by atoms with E-state index in [9.17, 15) is 10.1 Å². The summed E-state index contributed by atoms with van der Waals surface area (Å²) in [7, 11) is 0. The smallest absolute Gasteiger partial charge is 0.160 e. The molecule has 1 saturated heterocycles. The maximum absolute atomic E-state index is 10.5. The molecular weight excluding hydrogens is 194 g/mol. The van der Waals surface area contributed by atoms with E-state index in [-0.39, 0.29) is 5.03 Å². The molecule has 80 valence electrons. The van der Waals surface area contributed by atoms with E-state index in [1.165, 1.54) is 5.01 Å². The first kappa shape index (κ1) is 9.76. The van der Waals surface area contributed by atoms with Crippen LogP contribution in [0, 0.1) is 10.1 Å². The number of hydrogen-bond donors (Lipinski definition) is 0. The third-order valence-corrected chi connectivity index (χ3v) is 2.61. The van der Waals surface area contributed by atoms with Gasteiger partial charge in [-0.2, -0.15) is 0 Å². The van der Waals surface area contributed by atoms with Crippen molar-refractivity contribution in [3.8, 4) is 0 Å². The van der Waals surface area contributed by atoms with Crippen LogP contribution in [0.25, 0.3) is 0 Å². The number of nitro groups is 1. The molecule has 0 atom stereocenters. The second kappa shape index (κ2) is 4.16. The molecule has 0 saturated carbocycles. The van der Waals surface area contributed by atoms with Gasteiger partial charge < -0.3 is 4.90 Å². The molecule has 1 aliphatic heterocycles. The summed E-state index contributed by atoms with van der Waals surface area (Å²) in [6.07, 6.45) is 0. The van der Waals surface area contributed by atoms with Crippen LogP contribution in [-0.4, -0.2) is 36.2 Å². The van der Waals surface area contributed by atoms with Crippen LogP contribution in [0.3, 0.4) is 0 Å². The van der Waals surface area contributed by atoms with E-state index in [0.29, 0.717) is 26.2 Å². The molecule has 1 heterocycles. The monoisotopic (exact) mass is 207 g/mol. The number of rotatable bonds is 2. The summed E-state index contributed by atoms with van der Waals surface area (Å²) >= 11 is 0. The van der Waals surface area contributed by atoms with E-state index in [0.717, 1.165) is 5.69 Å². The molecule has 1 aromatic carbocycles. The predicted octanol–water partition coefficient (Wildman–Crippen LogP) is 1.00. The van der Waals surface area contributed by atoms with Gasteiger partial charge in [-0.25, -0.2) is 10.1 Å². The van der Waals surface area contributed by atoms with Gasteiger partial charge in [-0.3, -0.25) is 0 Å². The zero-order valence-electron chi connectivity index (χ0n) is 8.37. The van der Waals surface area contributed by atoms with E-state index in [1.54, 1.807) is 0 Å². The Morgan fingerprint density at radius 2 is 1.67 bits per heavy atom. The average Bonchev–Trinajstić information content (AvgIpc) is 2.30. The first-order chi connectivity index (χ1) is 7.27. The Kier molecular flexibility index (Phi) is 2.71. The summed E-state index contributed by atoms with van der Waals surface area (Å²) < 4.78 is 0. The highest BCUT2D eigenvalue weighted by Crippen LogP contribution is 2.15. The van der Waals surface area contributed by atoms with Gasteiger partial charge in [-0.15, -0.1) is 5.01 Å². The van der Waals surface area contributed by atoms with Crippen molar-refractivity contribution in [3.63, 3.8) is 0 Å². The fraction of sp³-hybridized carbons (Fsp3) is 0.400. The van der Waals surface area contributed by atoms with Crippen LogP contribution in [0.15, 0.2) is 30.3 Å². The molecule has 0 amide bonds. The fourth-order valence-electron chi connectivity index (χ4n) is 1.76. The molecule has 0 unspecified atom stereocenters. The summed E-state index contributed by atoms with van der Waals surface area (Å²) in [4.78, 5) is 12.7. The van der Waals surface area contributed by atoms with Crippen molar-refractivity contribution < 1.29 is 5.03 Å². The zero-order valence-corrected chi connectivity index (χ0v) is 8.37. The van der Waals surface area contributed by atoms with E-state index >= 15 is 0 Å². The second-order valence-electron chi connectivity index (χ2n) is 3.51. The van der Waals surface area contributed by atoms with Gasteiger partial charge in [0.15, 0.2) is 5.03 Å². The summed E-state index contributed by atoms with van der Waals surface area (Å²) in [5.74, 6) is 0. The second-order valence-corrected chi connectivity index (χ2v) is 3.51. The highest BCUT2D eigenvalue weighted by molar-refractivity contribution is 5.46. The molecule has 2 rings (SSSR count). The van der Waals surface area contributed by atoms with Crippen molar-refractivity contribution in [1.82, 2.24) is 5.01 Å². The number of nitrogens with zero attached hydrogens (tertiary/aromatic N) is 3. The van der Waals surface area contributed by atoms with Crippen molar-refractivity contribution in [2.24, 2.45) is 0 Å². The van der Waals surface area contributed by atoms with Crippen LogP contribution >= 0.6 is 0 Å². The van der Waals surface area contributed by atoms with Gasteiger partial charge in [0.25, 0.3) is 0 Å². The maximum atomic E-state index is 10.5. The van der Waals surface area contributed by atoms with Crippen LogP contribution in [0.4, 0.5) is 5.69 Å². The lowest BCUT2D eigenvalue weighted by Gasteiger charge is -2.31. The highest BCUT2D eigenvalue weighted by atomic mass is 16.7. The van der Waals surface area contributed by atoms with Crippen molar-refractivity contribution in [2.45, 2.75) is 0 Å². The normalized spacial score (nSPS) is 16.5. The lowest BCUT2D eigenvalue weighted by Crippen LogP contribution is -2.48. The lowest BCUT2D eigenvalue weighted by atomic mass is 10.2. The topological polar surface area (TPSA) is 49.6 Å². The number of hydrazine groups is 1. The molecule has 0 aromatic heterocycles. The summed E-state index contributed by atoms with van der Waals surface area (Å²) in [6, 6.07) is 9.99. The first-order valence-corrected chi connectivity index (χ1v) is 4.96. The highest BCUT2D eigenvalue weighted by Gasteiger charge is 2.22. The predicted molar refractivity (Wildman–Crippen MR) is 57.2 cm³/mol. The van der Waals surface area contributed by atoms with Crippen molar-refractivity contribution in [1.29, 1.82) is 0 Å². The molecule has 0 bridgehead atoms. The molecule has 0 N–H and O–H groups in total. The Morgan fingerprint density at radius 1 is 1.07 bits per heavy atom. The van der Waals surface area contributed by atoms with E-state index < -0.39 is 0 Å². The van der Waals surface area contributed by atoms with Crippen LogP contribution in [0.5, 0.6) is 0 Å². The molecule has 1 aliphatic rings. The molecule has 1 aromatic rings. The fourth-order valence-corrected chi connectivity index (χ4v) is 1.76. The van der Waals surface area contributed by atoms with Gasteiger partial charge >= 0.3 is 0 Å². The number of benzene rings is 1. The Bertz CT molecular complexity index is 334. The van der Waals surface area contributed by atoms with Gasteiger partial charge in [0.1, 0.15) is 0 Å². The molecular formula is C10H13N3O2. The van der Waals surface area contributed by atoms with E-state index in [1.807, 2.05) is 30.3 Å². The van der Waals surface area contributed by atoms with Crippen LogP contribution < -0.4 is 4.90 Å². The Balaban J connectivity index is 1.97. The minimum Gasteiger partial charge on any atom is -0.368 e. The molecule has 0 radical (unpaired) electrons. The van der Waals surface area contributed by atoms with Gasteiger partial charge in [-0.1, -0.05) is 18.2 Å². The van der Waals surface area contributed by atoms with Crippen LogP contribution in [0.2, 0.25) is 0 Å². The summed E-state index contributed by atoms with van der Waals surface area (Å²) in [5, 5.41) is 11.5. The lowest BCUT2D eigenvalue weighted by molar-refractivity contribution is -0.655. The minimum absolute atomic E-state index is 0.317. The SMILES string of the molecule is O=[N+]([O-])N1CCN(c2ccccc2)CC1. The molecule has 0 aliphatic carbocycles. The molecule has 0 spiro atoms. The van der Waals surface area contributed by atoms with Crippen molar-refractivity contribution in [3.05, 3.63) is 40.4 Å². The van der Waals surface area contributed by atoms with E-state index in [4.69, 9.17) is 0 Å². The largest absolute Gasteiger partial charge is 0.368 e. The van der Waals surface area contributed by atoms with Gasteiger partial charge in [-0.05, 0) is 12.1 Å². The summed E-state index contributed by atoms with van der Waals surface area (Å²) in [5.41, 5.74) is 1.14. The Labute approximate surface area is 88.0 Å². The Hall–Kier alpha value is -1.78. The van der Waals surface area contributed by atoms with Gasteiger partial charge in [0.2, 0.25) is 0 Å². The number of piperazine rings is 1. The van der Waals surface area contributed by atoms with Crippen LogP contribution in [-0.2, 0) is 0 Å². The van der Waals surface area contributed by atoms with Gasteiger partial charge in [0.05, 0.1) is 13.1 Å².